The van der Waals surface area contributed by atoms with Crippen molar-refractivity contribution in [1.82, 2.24) is 9.80 Å². The summed E-state index contributed by atoms with van der Waals surface area (Å²) in [6, 6.07) is 10.1. The van der Waals surface area contributed by atoms with Crippen molar-refractivity contribution in [1.29, 1.82) is 0 Å². The second-order valence-corrected chi connectivity index (χ2v) is 7.44. The molecule has 1 aromatic carbocycles. The van der Waals surface area contributed by atoms with Crippen LogP contribution in [0.5, 0.6) is 0 Å². The second kappa shape index (κ2) is 8.87. The molecule has 1 aromatic rings. The smallest absolute Gasteiger partial charge is 0.230 e. The highest BCUT2D eigenvalue weighted by atomic mass is 35.5. The quantitative estimate of drug-likeness (QED) is 0.873. The molecule has 1 spiro atoms. The van der Waals surface area contributed by atoms with Gasteiger partial charge in [0.2, 0.25) is 11.8 Å². The Bertz CT molecular complexity index is 615. The molecular weight excluding hydrogens is 350 g/mol. The zero-order valence-corrected chi connectivity index (χ0v) is 16.3. The van der Waals surface area contributed by atoms with E-state index in [0.717, 1.165) is 51.0 Å². The molecule has 2 aliphatic heterocycles. The van der Waals surface area contributed by atoms with Crippen LogP contribution in [0.3, 0.4) is 0 Å². The average molecular weight is 380 g/mol. The minimum Gasteiger partial charge on any atom is -0.343 e. The molecule has 3 rings (SSSR count). The van der Waals surface area contributed by atoms with Crippen molar-refractivity contribution in [3.8, 4) is 0 Å². The molecule has 0 bridgehead atoms. The number of amides is 2. The van der Waals surface area contributed by atoms with Crippen LogP contribution in [0.2, 0.25) is 0 Å². The van der Waals surface area contributed by atoms with E-state index in [9.17, 15) is 9.59 Å². The van der Waals surface area contributed by atoms with Crippen LogP contribution in [0.1, 0.15) is 44.1 Å². The fourth-order valence-electron chi connectivity index (χ4n) is 4.38. The molecule has 2 N–H and O–H groups in total. The lowest BCUT2D eigenvalue weighted by Gasteiger charge is -2.49. The Balaban J connectivity index is 0.00000243. The molecule has 0 radical (unpaired) electrons. The predicted molar refractivity (Wildman–Crippen MR) is 105 cm³/mol. The Kier molecular flexibility index (Phi) is 7.07. The van der Waals surface area contributed by atoms with Crippen LogP contribution in [0.4, 0.5) is 0 Å². The molecule has 5 nitrogen and oxygen atoms in total. The van der Waals surface area contributed by atoms with Crippen LogP contribution in [0, 0.1) is 5.41 Å². The fourth-order valence-corrected chi connectivity index (χ4v) is 4.38. The molecule has 144 valence electrons. The molecule has 26 heavy (non-hydrogen) atoms. The Morgan fingerprint density at radius 1 is 1.23 bits per heavy atom. The number of hydrogen-bond acceptors (Lipinski definition) is 3. The molecule has 2 amide bonds. The maximum atomic E-state index is 12.9. The highest BCUT2D eigenvalue weighted by Crippen LogP contribution is 2.45. The predicted octanol–water partition coefficient (Wildman–Crippen LogP) is 2.40. The molecular formula is C20H30ClN3O2. The van der Waals surface area contributed by atoms with Gasteiger partial charge in [-0.15, -0.1) is 12.4 Å². The third kappa shape index (κ3) is 4.21. The lowest BCUT2D eigenvalue weighted by atomic mass is 9.67. The van der Waals surface area contributed by atoms with Crippen molar-refractivity contribution in [3.63, 3.8) is 0 Å². The number of carbonyl (C=O) groups excluding carboxylic acids is 2. The van der Waals surface area contributed by atoms with Gasteiger partial charge in [-0.25, -0.2) is 0 Å². The third-order valence-corrected chi connectivity index (χ3v) is 5.89. The van der Waals surface area contributed by atoms with Crippen LogP contribution < -0.4 is 5.73 Å². The molecule has 2 aliphatic rings. The van der Waals surface area contributed by atoms with Crippen molar-refractivity contribution >= 4 is 24.2 Å². The zero-order valence-electron chi connectivity index (χ0n) is 15.5. The summed E-state index contributed by atoms with van der Waals surface area (Å²) in [5.41, 5.74) is 6.76. The lowest BCUT2D eigenvalue weighted by Crippen LogP contribution is -2.54. The number of likely N-dealkylation sites (N-methyl/N-ethyl adjacent to an activating group) is 1. The summed E-state index contributed by atoms with van der Waals surface area (Å²) in [5, 5.41) is 0. The first kappa shape index (κ1) is 20.7. The molecule has 1 unspecified atom stereocenters. The number of piperidine rings is 2. The zero-order chi connectivity index (χ0) is 17.9. The third-order valence-electron chi connectivity index (χ3n) is 5.89. The van der Waals surface area contributed by atoms with Crippen molar-refractivity contribution in [2.24, 2.45) is 11.1 Å². The van der Waals surface area contributed by atoms with E-state index in [-0.39, 0.29) is 35.6 Å². The van der Waals surface area contributed by atoms with Gasteiger partial charge in [-0.05, 0) is 37.2 Å². The van der Waals surface area contributed by atoms with Gasteiger partial charge < -0.3 is 15.5 Å². The number of likely N-dealkylation sites (tertiary alicyclic amines) is 2. The van der Waals surface area contributed by atoms with Gasteiger partial charge in [-0.2, -0.15) is 0 Å². The van der Waals surface area contributed by atoms with E-state index >= 15 is 0 Å². The van der Waals surface area contributed by atoms with Crippen LogP contribution in [0.25, 0.3) is 0 Å². The standard InChI is InChI=1S/C20H29N3O2.ClH/c1-2-22-15-20(9-12-23(13-10-20)18(24)8-11-21)14-17(19(22)25)16-6-4-3-5-7-16;/h3-7,17H,2,8-15,21H2,1H3;1H. The summed E-state index contributed by atoms with van der Waals surface area (Å²) in [7, 11) is 0. The first-order valence-corrected chi connectivity index (χ1v) is 9.40. The largest absolute Gasteiger partial charge is 0.343 e. The van der Waals surface area contributed by atoms with Gasteiger partial charge in [0.15, 0.2) is 0 Å². The Morgan fingerprint density at radius 2 is 1.88 bits per heavy atom. The number of hydrogen-bond donors (Lipinski definition) is 1. The van der Waals surface area contributed by atoms with Crippen LogP contribution >= 0.6 is 12.4 Å². The topological polar surface area (TPSA) is 66.6 Å². The van der Waals surface area contributed by atoms with E-state index in [4.69, 9.17) is 5.73 Å². The SMILES string of the molecule is CCN1CC2(CCN(C(=O)CCN)CC2)CC(c2ccccc2)C1=O.Cl. The molecule has 6 heteroatoms. The van der Waals surface area contributed by atoms with Crippen molar-refractivity contribution in [3.05, 3.63) is 35.9 Å². The first-order valence-electron chi connectivity index (χ1n) is 9.40. The van der Waals surface area contributed by atoms with Crippen LogP contribution in [0.15, 0.2) is 30.3 Å². The van der Waals surface area contributed by atoms with Gasteiger partial charge in [0.1, 0.15) is 0 Å². The molecule has 0 aromatic heterocycles. The van der Waals surface area contributed by atoms with Gasteiger partial charge in [-0.3, -0.25) is 9.59 Å². The van der Waals surface area contributed by atoms with Crippen molar-refractivity contribution in [2.75, 3.05) is 32.7 Å². The normalized spacial score (nSPS) is 22.2. The van der Waals surface area contributed by atoms with Crippen LogP contribution in [-0.4, -0.2) is 54.3 Å². The summed E-state index contributed by atoms with van der Waals surface area (Å²) < 4.78 is 0. The van der Waals surface area contributed by atoms with Gasteiger partial charge in [0, 0.05) is 39.1 Å². The van der Waals surface area contributed by atoms with E-state index in [2.05, 4.69) is 19.1 Å². The first-order chi connectivity index (χ1) is 12.1. The number of halogens is 1. The summed E-state index contributed by atoms with van der Waals surface area (Å²) in [4.78, 5) is 29.0. The Labute approximate surface area is 162 Å². The second-order valence-electron chi connectivity index (χ2n) is 7.44. The van der Waals surface area contributed by atoms with E-state index < -0.39 is 0 Å². The van der Waals surface area contributed by atoms with Gasteiger partial charge in [-0.1, -0.05) is 30.3 Å². The van der Waals surface area contributed by atoms with E-state index in [1.807, 2.05) is 28.0 Å². The number of carbonyl (C=O) groups is 2. The van der Waals surface area contributed by atoms with Gasteiger partial charge >= 0.3 is 0 Å². The van der Waals surface area contributed by atoms with Crippen molar-refractivity contribution < 1.29 is 9.59 Å². The van der Waals surface area contributed by atoms with E-state index in [1.165, 1.54) is 0 Å². The number of nitrogens with two attached hydrogens (primary N) is 1. The minimum atomic E-state index is -0.0545. The molecule has 2 heterocycles. The number of nitrogens with zero attached hydrogens (tertiary/aromatic N) is 2. The minimum absolute atomic E-state index is 0. The molecule has 1 atom stereocenters. The highest BCUT2D eigenvalue weighted by molar-refractivity contribution is 5.85. The molecule has 2 saturated heterocycles. The molecule has 0 aliphatic carbocycles. The Morgan fingerprint density at radius 3 is 2.46 bits per heavy atom. The van der Waals surface area contributed by atoms with E-state index in [1.54, 1.807) is 0 Å². The van der Waals surface area contributed by atoms with Gasteiger partial charge in [0.25, 0.3) is 0 Å². The summed E-state index contributed by atoms with van der Waals surface area (Å²) >= 11 is 0. The van der Waals surface area contributed by atoms with E-state index in [0.29, 0.717) is 13.0 Å². The highest BCUT2D eigenvalue weighted by Gasteiger charge is 2.46. The van der Waals surface area contributed by atoms with Crippen LogP contribution in [-0.2, 0) is 9.59 Å². The maximum absolute atomic E-state index is 12.9. The molecule has 0 saturated carbocycles. The fraction of sp³-hybridized carbons (Fsp3) is 0.600. The average Bonchev–Trinajstić information content (AvgIpc) is 2.65. The molecule has 2 fully saturated rings. The lowest BCUT2D eigenvalue weighted by molar-refractivity contribution is -0.144. The summed E-state index contributed by atoms with van der Waals surface area (Å²) in [6.45, 7) is 5.61. The van der Waals surface area contributed by atoms with Gasteiger partial charge in [0.05, 0.1) is 5.92 Å². The number of rotatable bonds is 4. The maximum Gasteiger partial charge on any atom is 0.230 e. The summed E-state index contributed by atoms with van der Waals surface area (Å²) in [5.74, 6) is 0.360. The number of benzene rings is 1. The van der Waals surface area contributed by atoms with Crippen molar-refractivity contribution in [2.45, 2.75) is 38.5 Å². The monoisotopic (exact) mass is 379 g/mol. The summed E-state index contributed by atoms with van der Waals surface area (Å²) in [6.07, 6.45) is 3.26. The Hall–Kier alpha value is -1.59.